The summed E-state index contributed by atoms with van der Waals surface area (Å²) >= 11 is 5.78. The van der Waals surface area contributed by atoms with Crippen LogP contribution in [-0.4, -0.2) is 30.9 Å². The van der Waals surface area contributed by atoms with E-state index in [2.05, 4.69) is 6.58 Å². The first-order valence-corrected chi connectivity index (χ1v) is 7.79. The Morgan fingerprint density at radius 1 is 1.50 bits per heavy atom. The van der Waals surface area contributed by atoms with Crippen molar-refractivity contribution >= 4 is 21.6 Å². The van der Waals surface area contributed by atoms with E-state index in [9.17, 15) is 12.8 Å². The van der Waals surface area contributed by atoms with Gasteiger partial charge >= 0.3 is 0 Å². The van der Waals surface area contributed by atoms with Gasteiger partial charge in [0.15, 0.2) is 0 Å². The highest BCUT2D eigenvalue weighted by Gasteiger charge is 2.28. The molecule has 0 saturated heterocycles. The Labute approximate surface area is 123 Å². The third-order valence-electron chi connectivity index (χ3n) is 2.67. The van der Waals surface area contributed by atoms with Gasteiger partial charge in [-0.3, -0.25) is 0 Å². The van der Waals surface area contributed by atoms with E-state index in [1.165, 1.54) is 6.07 Å². The molecule has 0 atom stereocenters. The Morgan fingerprint density at radius 3 is 2.55 bits per heavy atom. The number of rotatable bonds is 6. The molecule has 0 spiro atoms. The summed E-state index contributed by atoms with van der Waals surface area (Å²) in [6.45, 7) is 6.64. The molecule has 7 heteroatoms. The molecule has 0 bridgehead atoms. The number of hydrogen-bond acceptors (Lipinski definition) is 3. The molecular formula is C13H17ClFNO3S. The van der Waals surface area contributed by atoms with Gasteiger partial charge in [0, 0.05) is 23.7 Å². The molecule has 1 aromatic rings. The molecule has 0 aliphatic rings. The summed E-state index contributed by atoms with van der Waals surface area (Å²) in [6, 6.07) is 2.25. The van der Waals surface area contributed by atoms with Crippen LogP contribution in [0.15, 0.2) is 29.2 Å². The van der Waals surface area contributed by atoms with Gasteiger partial charge in [-0.05, 0) is 19.1 Å². The van der Waals surface area contributed by atoms with Gasteiger partial charge in [0.25, 0.3) is 0 Å². The maximum atomic E-state index is 14.1. The molecule has 0 fully saturated rings. The van der Waals surface area contributed by atoms with Crippen LogP contribution in [0.4, 0.5) is 4.39 Å². The topological polar surface area (TPSA) is 57.6 Å². The monoisotopic (exact) mass is 321 g/mol. The predicted molar refractivity (Wildman–Crippen MR) is 76.6 cm³/mol. The van der Waals surface area contributed by atoms with Crippen LogP contribution in [0.3, 0.4) is 0 Å². The van der Waals surface area contributed by atoms with Gasteiger partial charge in [-0.1, -0.05) is 30.7 Å². The van der Waals surface area contributed by atoms with Gasteiger partial charge in [-0.25, -0.2) is 12.8 Å². The minimum atomic E-state index is -4.03. The van der Waals surface area contributed by atoms with Crippen molar-refractivity contribution in [2.75, 3.05) is 13.1 Å². The van der Waals surface area contributed by atoms with Crippen LogP contribution in [0.25, 0.3) is 0 Å². The number of halogens is 2. The summed E-state index contributed by atoms with van der Waals surface area (Å²) < 4.78 is 40.1. The zero-order valence-corrected chi connectivity index (χ0v) is 12.9. The van der Waals surface area contributed by atoms with E-state index in [0.29, 0.717) is 5.57 Å². The van der Waals surface area contributed by atoms with Crippen molar-refractivity contribution in [3.8, 4) is 0 Å². The molecule has 20 heavy (non-hydrogen) atoms. The van der Waals surface area contributed by atoms with Crippen molar-refractivity contribution in [1.82, 2.24) is 4.31 Å². The summed E-state index contributed by atoms with van der Waals surface area (Å²) in [5.41, 5.74) is 0.489. The molecule has 0 saturated carbocycles. The van der Waals surface area contributed by atoms with Crippen LogP contribution in [0.5, 0.6) is 0 Å². The zero-order valence-electron chi connectivity index (χ0n) is 11.4. The second-order valence-corrected chi connectivity index (χ2v) is 6.77. The highest BCUT2D eigenvalue weighted by molar-refractivity contribution is 7.89. The molecule has 0 aromatic heterocycles. The first-order valence-electron chi connectivity index (χ1n) is 5.97. The number of aliphatic hydroxyl groups is 1. The highest BCUT2D eigenvalue weighted by Crippen LogP contribution is 2.26. The second kappa shape index (κ2) is 6.67. The van der Waals surface area contributed by atoms with Crippen LogP contribution < -0.4 is 0 Å². The van der Waals surface area contributed by atoms with Crippen molar-refractivity contribution in [3.63, 3.8) is 0 Å². The normalized spacial score (nSPS) is 11.9. The van der Waals surface area contributed by atoms with Crippen molar-refractivity contribution in [3.05, 3.63) is 40.7 Å². The average Bonchev–Trinajstić information content (AvgIpc) is 2.37. The summed E-state index contributed by atoms with van der Waals surface area (Å²) in [4.78, 5) is -0.530. The van der Waals surface area contributed by atoms with Gasteiger partial charge in [-0.2, -0.15) is 4.31 Å². The van der Waals surface area contributed by atoms with Gasteiger partial charge in [-0.15, -0.1) is 0 Å². The fourth-order valence-electron chi connectivity index (χ4n) is 1.73. The van der Waals surface area contributed by atoms with Gasteiger partial charge in [0.2, 0.25) is 10.0 Å². The molecule has 0 unspecified atom stereocenters. The molecule has 0 aliphatic heterocycles. The molecule has 0 amide bonds. The summed E-state index contributed by atoms with van der Waals surface area (Å²) in [5.74, 6) is -0.975. The molecule has 112 valence electrons. The van der Waals surface area contributed by atoms with Crippen molar-refractivity contribution in [2.45, 2.75) is 25.3 Å². The first-order chi connectivity index (χ1) is 9.23. The largest absolute Gasteiger partial charge is 0.392 e. The molecule has 0 heterocycles. The summed E-state index contributed by atoms with van der Waals surface area (Å²) in [5, 5.41) is 9.11. The third kappa shape index (κ3) is 3.58. The molecule has 1 aromatic carbocycles. The Balaban J connectivity index is 3.41. The predicted octanol–water partition coefficient (Wildman–Crippen LogP) is 2.56. The number of nitrogens with zero attached hydrogens (tertiary/aromatic N) is 1. The number of likely N-dealkylation sites (N-methyl/N-ethyl adjacent to an activating group) is 1. The van der Waals surface area contributed by atoms with E-state index in [-0.39, 0.29) is 23.7 Å². The second-order valence-electron chi connectivity index (χ2n) is 4.42. The molecule has 0 aliphatic carbocycles. The number of hydrogen-bond donors (Lipinski definition) is 1. The molecule has 0 radical (unpaired) electrons. The minimum absolute atomic E-state index is 0.0559. The van der Waals surface area contributed by atoms with Crippen LogP contribution in [0, 0.1) is 5.82 Å². The third-order valence-corrected chi connectivity index (χ3v) is 4.80. The summed E-state index contributed by atoms with van der Waals surface area (Å²) in [6.07, 6.45) is 0. The fraction of sp³-hybridized carbons (Fsp3) is 0.385. The molecular weight excluding hydrogens is 305 g/mol. The van der Waals surface area contributed by atoms with Gasteiger partial charge < -0.3 is 5.11 Å². The van der Waals surface area contributed by atoms with E-state index in [1.54, 1.807) is 13.8 Å². The van der Waals surface area contributed by atoms with E-state index >= 15 is 0 Å². The molecule has 1 N–H and O–H groups in total. The van der Waals surface area contributed by atoms with E-state index in [1.807, 2.05) is 0 Å². The lowest BCUT2D eigenvalue weighted by Gasteiger charge is -2.21. The lowest BCUT2D eigenvalue weighted by atomic mass is 10.2. The van der Waals surface area contributed by atoms with E-state index in [4.69, 9.17) is 16.7 Å². The quantitative estimate of drug-likeness (QED) is 0.819. The van der Waals surface area contributed by atoms with Gasteiger partial charge in [0.05, 0.1) is 6.61 Å². The standard InChI is InChI=1S/C13H17ClFNO3S/c1-4-16(7-9(2)3)20(18,19)12-6-11(14)5-10(8-17)13(12)15/h5-6,17H,2,4,7-8H2,1,3H3. The lowest BCUT2D eigenvalue weighted by Crippen LogP contribution is -2.33. The van der Waals surface area contributed by atoms with Crippen LogP contribution >= 0.6 is 11.6 Å². The average molecular weight is 322 g/mol. The number of sulfonamides is 1. The Kier molecular flexibility index (Phi) is 5.70. The molecule has 4 nitrogen and oxygen atoms in total. The number of aliphatic hydroxyl groups excluding tert-OH is 1. The maximum absolute atomic E-state index is 14.1. The van der Waals surface area contributed by atoms with Crippen LogP contribution in [0.2, 0.25) is 5.02 Å². The number of benzene rings is 1. The van der Waals surface area contributed by atoms with Crippen LogP contribution in [-0.2, 0) is 16.6 Å². The van der Waals surface area contributed by atoms with E-state index in [0.717, 1.165) is 10.4 Å². The highest BCUT2D eigenvalue weighted by atomic mass is 35.5. The van der Waals surface area contributed by atoms with Crippen molar-refractivity contribution < 1.29 is 17.9 Å². The Hall–Kier alpha value is -0.950. The van der Waals surface area contributed by atoms with Crippen molar-refractivity contribution in [2.24, 2.45) is 0 Å². The van der Waals surface area contributed by atoms with E-state index < -0.39 is 27.3 Å². The zero-order chi connectivity index (χ0) is 15.5. The lowest BCUT2D eigenvalue weighted by molar-refractivity contribution is 0.274. The summed E-state index contributed by atoms with van der Waals surface area (Å²) in [7, 11) is -4.03. The minimum Gasteiger partial charge on any atom is -0.392 e. The maximum Gasteiger partial charge on any atom is 0.246 e. The van der Waals surface area contributed by atoms with Crippen molar-refractivity contribution in [1.29, 1.82) is 0 Å². The first kappa shape index (κ1) is 17.1. The fourth-order valence-corrected chi connectivity index (χ4v) is 3.68. The Morgan fingerprint density at radius 2 is 2.10 bits per heavy atom. The Bertz CT molecular complexity index is 616. The van der Waals surface area contributed by atoms with Gasteiger partial charge in [0.1, 0.15) is 10.7 Å². The smallest absolute Gasteiger partial charge is 0.246 e. The molecule has 1 rings (SSSR count). The van der Waals surface area contributed by atoms with Crippen LogP contribution in [0.1, 0.15) is 19.4 Å². The SMILES string of the molecule is C=C(C)CN(CC)S(=O)(=O)c1cc(Cl)cc(CO)c1F.